The van der Waals surface area contributed by atoms with Crippen LogP contribution in [0.2, 0.25) is 13.1 Å². The van der Waals surface area contributed by atoms with E-state index in [2.05, 4.69) is 64.9 Å². The van der Waals surface area contributed by atoms with Gasteiger partial charge in [0.15, 0.2) is 0 Å². The van der Waals surface area contributed by atoms with Crippen molar-refractivity contribution in [3.8, 4) is 11.1 Å². The van der Waals surface area contributed by atoms with Crippen molar-refractivity contribution in [2.75, 3.05) is 0 Å². The van der Waals surface area contributed by atoms with Crippen LogP contribution in [0.1, 0.15) is 40.5 Å². The zero-order valence-corrected chi connectivity index (χ0v) is 21.2. The summed E-state index contributed by atoms with van der Waals surface area (Å²) in [6.07, 6.45) is 5.72. The molecule has 25 heavy (non-hydrogen) atoms. The molecule has 1 fully saturated rings. The van der Waals surface area contributed by atoms with Crippen molar-refractivity contribution in [3.05, 3.63) is 59.7 Å². The maximum absolute atomic E-state index is 4.31. The third kappa shape index (κ3) is 4.16. The molecular formula is C20H26Cl2HfNSi. The van der Waals surface area contributed by atoms with E-state index in [-0.39, 0.29) is 24.8 Å². The summed E-state index contributed by atoms with van der Waals surface area (Å²) >= 11 is -1.88. The maximum atomic E-state index is 4.31. The Morgan fingerprint density at radius 1 is 0.840 bits per heavy atom. The smallest absolute Gasteiger partial charge is 1.00 e. The van der Waals surface area contributed by atoms with Gasteiger partial charge < -0.3 is 24.8 Å². The first-order valence-electron chi connectivity index (χ1n) is 9.07. The van der Waals surface area contributed by atoms with Crippen LogP contribution in [0.25, 0.3) is 11.1 Å². The number of hydrogen-bond donors (Lipinski definition) is 1. The predicted molar refractivity (Wildman–Crippen MR) is 98.0 cm³/mol. The van der Waals surface area contributed by atoms with Crippen LogP contribution >= 0.6 is 0 Å². The summed E-state index contributed by atoms with van der Waals surface area (Å²) < 4.78 is 5.08. The van der Waals surface area contributed by atoms with Gasteiger partial charge in [-0.2, -0.15) is 0 Å². The van der Waals surface area contributed by atoms with Gasteiger partial charge in [0, 0.05) is 0 Å². The van der Waals surface area contributed by atoms with E-state index in [4.69, 9.17) is 0 Å². The molecule has 2 aromatic rings. The predicted octanol–water partition coefficient (Wildman–Crippen LogP) is -1.19. The molecule has 1 saturated carbocycles. The van der Waals surface area contributed by atoms with Gasteiger partial charge >= 0.3 is 149 Å². The number of fused-ring (bicyclic) bond motifs is 3. The molecule has 1 nitrogen and oxygen atoms in total. The minimum absolute atomic E-state index is 0. The maximum Gasteiger partial charge on any atom is -1.00 e. The quantitative estimate of drug-likeness (QED) is 0.467. The van der Waals surface area contributed by atoms with Gasteiger partial charge in [-0.1, -0.05) is 0 Å². The van der Waals surface area contributed by atoms with Crippen molar-refractivity contribution >= 4 is 5.98 Å². The first kappa shape index (κ1) is 21.4. The van der Waals surface area contributed by atoms with Gasteiger partial charge in [-0.05, 0) is 0 Å². The third-order valence-electron chi connectivity index (χ3n) is 5.49. The van der Waals surface area contributed by atoms with Crippen LogP contribution in [-0.2, 0) is 20.9 Å². The van der Waals surface area contributed by atoms with Crippen LogP contribution in [0, 0.1) is 0 Å². The number of halogens is 2. The molecule has 133 valence electrons. The second-order valence-corrected chi connectivity index (χ2v) is 33.6. The SMILES string of the molecule is C[SiH](C)[Hf+2]([NH]C1CCCC1)[CH]1c2ccccc2-c2ccccc21.[Cl-].[Cl-]. The van der Waals surface area contributed by atoms with Crippen LogP contribution in [0.4, 0.5) is 0 Å². The Balaban J connectivity index is 0.00000113. The van der Waals surface area contributed by atoms with E-state index in [9.17, 15) is 0 Å². The van der Waals surface area contributed by atoms with Gasteiger partial charge in [0.05, 0.1) is 0 Å². The van der Waals surface area contributed by atoms with Crippen LogP contribution in [-0.4, -0.2) is 12.0 Å². The summed E-state index contributed by atoms with van der Waals surface area (Å²) in [7, 11) is 0. The Bertz CT molecular complexity index is 658. The second kappa shape index (κ2) is 9.32. The van der Waals surface area contributed by atoms with E-state index in [0.717, 1.165) is 9.72 Å². The monoisotopic (exact) mass is 558 g/mol. The normalized spacial score (nSPS) is 16.1. The van der Waals surface area contributed by atoms with Crippen molar-refractivity contribution in [3.63, 3.8) is 0 Å². The van der Waals surface area contributed by atoms with E-state index in [0.29, 0.717) is 0 Å². The fourth-order valence-electron chi connectivity index (χ4n) is 4.38. The molecule has 0 spiro atoms. The van der Waals surface area contributed by atoms with E-state index in [1.165, 1.54) is 36.8 Å². The minimum atomic E-state index is -1.88. The molecular weight excluding hydrogens is 532 g/mol. The largest absolute Gasteiger partial charge is 1.00 e. The van der Waals surface area contributed by atoms with Crippen molar-refractivity contribution < 1.29 is 45.7 Å². The Morgan fingerprint density at radius 3 is 1.80 bits per heavy atom. The molecule has 0 amide bonds. The summed E-state index contributed by atoms with van der Waals surface area (Å²) in [5.74, 6) is -0.611. The van der Waals surface area contributed by atoms with Gasteiger partial charge in [-0.15, -0.1) is 0 Å². The molecule has 5 heteroatoms. The molecule has 0 bridgehead atoms. The van der Waals surface area contributed by atoms with E-state index < -0.39 is 26.9 Å². The first-order chi connectivity index (χ1) is 11.3. The Morgan fingerprint density at radius 2 is 1.32 bits per heavy atom. The van der Waals surface area contributed by atoms with Crippen molar-refractivity contribution in [2.45, 2.75) is 48.5 Å². The first-order valence-corrected chi connectivity index (χ1v) is 22.0. The molecule has 0 aromatic heterocycles. The van der Waals surface area contributed by atoms with Crippen LogP contribution < -0.4 is 28.1 Å². The fraction of sp³-hybridized carbons (Fsp3) is 0.400. The molecule has 0 aliphatic heterocycles. The van der Waals surface area contributed by atoms with Gasteiger partial charge in [0.2, 0.25) is 0 Å². The van der Waals surface area contributed by atoms with Crippen LogP contribution in [0.5, 0.6) is 0 Å². The van der Waals surface area contributed by atoms with E-state index in [1.54, 1.807) is 11.1 Å². The molecule has 0 unspecified atom stereocenters. The minimum Gasteiger partial charge on any atom is -1.00 e. The number of nitrogens with one attached hydrogen (secondary N) is 1. The topological polar surface area (TPSA) is 12.0 Å². The van der Waals surface area contributed by atoms with Crippen LogP contribution in [0.3, 0.4) is 0 Å². The van der Waals surface area contributed by atoms with Gasteiger partial charge in [0.1, 0.15) is 0 Å². The number of rotatable bonds is 4. The molecule has 1 N–H and O–H groups in total. The number of hydrogen-bond acceptors (Lipinski definition) is 1. The molecule has 0 heterocycles. The average Bonchev–Trinajstić information content (AvgIpc) is 3.18. The standard InChI is InChI=1S/C13H9.C5H10N.C2H7Si.2ClH.Hf/c1-3-7-12-10(5-1)9-11-6-2-4-8-13(11)12;6-5-3-1-2-4-5;1-3-2;;;/h1-9H;5-6H,1-4H2;3H,1-2H3;2*1H;/q;-1;;;;+3/p-2. The van der Waals surface area contributed by atoms with Crippen molar-refractivity contribution in [1.29, 1.82) is 0 Å². The molecule has 2 aliphatic rings. The Labute approximate surface area is 173 Å². The summed E-state index contributed by atoms with van der Waals surface area (Å²) in [4.78, 5) is 0. The van der Waals surface area contributed by atoms with Gasteiger partial charge in [-0.3, -0.25) is 0 Å². The molecule has 4 rings (SSSR count). The summed E-state index contributed by atoms with van der Waals surface area (Å²) in [6.45, 7) is 5.21. The molecule has 2 aliphatic carbocycles. The molecule has 2 aromatic carbocycles. The molecule has 0 atom stereocenters. The molecule has 0 saturated heterocycles. The van der Waals surface area contributed by atoms with Crippen LogP contribution in [0.15, 0.2) is 48.5 Å². The van der Waals surface area contributed by atoms with Gasteiger partial charge in [-0.25, -0.2) is 0 Å². The zero-order chi connectivity index (χ0) is 15.8. The fourth-order valence-corrected chi connectivity index (χ4v) is 28.6. The summed E-state index contributed by atoms with van der Waals surface area (Å²) in [5.41, 5.74) is 6.31. The third-order valence-corrected chi connectivity index (χ3v) is 31.4. The summed E-state index contributed by atoms with van der Waals surface area (Å²) in [5, 5.41) is 0. The second-order valence-electron chi connectivity index (χ2n) is 7.34. The van der Waals surface area contributed by atoms with Gasteiger partial charge in [0.25, 0.3) is 0 Å². The summed E-state index contributed by atoms with van der Waals surface area (Å²) in [6, 6.07) is 19.3. The molecule has 0 radical (unpaired) electrons. The number of benzene rings is 2. The van der Waals surface area contributed by atoms with Crippen molar-refractivity contribution in [2.24, 2.45) is 0 Å². The van der Waals surface area contributed by atoms with E-state index in [1.807, 2.05) is 0 Å². The zero-order valence-electron chi connectivity index (χ0n) is 14.9. The Hall–Kier alpha value is 0.0670. The Kier molecular flexibility index (Phi) is 7.97. The van der Waals surface area contributed by atoms with E-state index >= 15 is 0 Å². The van der Waals surface area contributed by atoms with Crippen molar-refractivity contribution in [1.82, 2.24) is 3.30 Å². The average molecular weight is 558 g/mol.